The molecule has 7 heteroatoms. The molecular weight excluding hydrogens is 290 g/mol. The first-order chi connectivity index (χ1) is 10.5. The second-order valence-electron chi connectivity index (χ2n) is 6.22. The zero-order chi connectivity index (χ0) is 16.2. The van der Waals surface area contributed by atoms with Gasteiger partial charge < -0.3 is 10.6 Å². The molecule has 5 nitrogen and oxygen atoms in total. The van der Waals surface area contributed by atoms with Crippen molar-refractivity contribution in [3.8, 4) is 0 Å². The third-order valence-electron chi connectivity index (χ3n) is 4.64. The van der Waals surface area contributed by atoms with Gasteiger partial charge >= 0.3 is 6.55 Å². The highest BCUT2D eigenvalue weighted by Gasteiger charge is 2.34. The van der Waals surface area contributed by atoms with E-state index in [2.05, 4.69) is 4.98 Å². The Hall–Kier alpha value is -1.50. The van der Waals surface area contributed by atoms with Crippen LogP contribution in [0.2, 0.25) is 0 Å². The maximum Gasteiger partial charge on any atom is 0.319 e. The van der Waals surface area contributed by atoms with Gasteiger partial charge in [0, 0.05) is 25.9 Å². The van der Waals surface area contributed by atoms with Crippen LogP contribution >= 0.6 is 0 Å². The third kappa shape index (κ3) is 3.82. The normalized spacial score (nSPS) is 17.7. The number of halogens is 2. The monoisotopic (exact) mass is 314 g/mol. The van der Waals surface area contributed by atoms with Crippen molar-refractivity contribution < 1.29 is 13.6 Å². The Kier molecular flexibility index (Phi) is 5.50. The maximum atomic E-state index is 12.8. The summed E-state index contributed by atoms with van der Waals surface area (Å²) in [6, 6.07) is 0. The van der Waals surface area contributed by atoms with Crippen molar-refractivity contribution in [3.63, 3.8) is 0 Å². The van der Waals surface area contributed by atoms with Crippen LogP contribution in [0.25, 0.3) is 0 Å². The average molecular weight is 314 g/mol. The number of rotatable bonds is 6. The lowest BCUT2D eigenvalue weighted by molar-refractivity contribution is -0.133. The largest absolute Gasteiger partial charge is 0.338 e. The first-order valence-electron chi connectivity index (χ1n) is 7.71. The van der Waals surface area contributed by atoms with Gasteiger partial charge in [-0.05, 0) is 24.8 Å². The summed E-state index contributed by atoms with van der Waals surface area (Å²) in [6.07, 6.45) is 8.26. The zero-order valence-corrected chi connectivity index (χ0v) is 13.0. The molecule has 2 rings (SSSR count). The number of hydrogen-bond acceptors (Lipinski definition) is 3. The molecule has 0 aliphatic heterocycles. The molecule has 1 aromatic heterocycles. The van der Waals surface area contributed by atoms with E-state index in [9.17, 15) is 13.6 Å². The van der Waals surface area contributed by atoms with E-state index >= 15 is 0 Å². The van der Waals surface area contributed by atoms with Crippen LogP contribution in [0.4, 0.5) is 8.78 Å². The lowest BCUT2D eigenvalue weighted by Gasteiger charge is -2.36. The summed E-state index contributed by atoms with van der Waals surface area (Å²) in [7, 11) is 1.62. The molecule has 0 spiro atoms. The minimum absolute atomic E-state index is 0.0591. The molecule has 1 aliphatic rings. The number of imidazole rings is 1. The Morgan fingerprint density at radius 2 is 2.14 bits per heavy atom. The molecule has 0 bridgehead atoms. The highest BCUT2D eigenvalue weighted by Crippen LogP contribution is 2.38. The number of aromatic nitrogens is 2. The van der Waals surface area contributed by atoms with Crippen LogP contribution in [0, 0.1) is 5.41 Å². The van der Waals surface area contributed by atoms with Crippen LogP contribution < -0.4 is 5.73 Å². The second-order valence-corrected chi connectivity index (χ2v) is 6.22. The van der Waals surface area contributed by atoms with E-state index in [1.165, 1.54) is 23.7 Å². The van der Waals surface area contributed by atoms with E-state index in [1.54, 1.807) is 7.05 Å². The Morgan fingerprint density at radius 3 is 2.73 bits per heavy atom. The first-order valence-corrected chi connectivity index (χ1v) is 7.71. The number of alkyl halides is 2. The van der Waals surface area contributed by atoms with E-state index in [1.807, 2.05) is 0 Å². The van der Waals surface area contributed by atoms with Gasteiger partial charge in [-0.1, -0.05) is 19.3 Å². The van der Waals surface area contributed by atoms with E-state index < -0.39 is 6.55 Å². The van der Waals surface area contributed by atoms with Gasteiger partial charge in [0.1, 0.15) is 5.82 Å². The fourth-order valence-electron chi connectivity index (χ4n) is 3.15. The fourth-order valence-corrected chi connectivity index (χ4v) is 3.15. The summed E-state index contributed by atoms with van der Waals surface area (Å²) in [4.78, 5) is 17.8. The molecule has 0 saturated heterocycles. The van der Waals surface area contributed by atoms with Crippen molar-refractivity contribution in [2.24, 2.45) is 11.1 Å². The van der Waals surface area contributed by atoms with Crippen molar-refractivity contribution in [2.75, 3.05) is 13.6 Å². The van der Waals surface area contributed by atoms with Crippen LogP contribution in [0.15, 0.2) is 12.4 Å². The molecule has 2 N–H and O–H groups in total. The van der Waals surface area contributed by atoms with Crippen molar-refractivity contribution in [1.29, 1.82) is 0 Å². The molecule has 0 atom stereocenters. The van der Waals surface area contributed by atoms with Crippen LogP contribution in [0.5, 0.6) is 0 Å². The smallest absolute Gasteiger partial charge is 0.319 e. The molecule has 22 heavy (non-hydrogen) atoms. The zero-order valence-electron chi connectivity index (χ0n) is 13.0. The van der Waals surface area contributed by atoms with Crippen molar-refractivity contribution in [1.82, 2.24) is 14.5 Å². The summed E-state index contributed by atoms with van der Waals surface area (Å²) in [5.74, 6) is 0.132. The predicted octanol–water partition coefficient (Wildman–Crippen LogP) is 2.54. The van der Waals surface area contributed by atoms with Crippen LogP contribution in [-0.4, -0.2) is 34.0 Å². The topological polar surface area (TPSA) is 64.2 Å². The number of amides is 1. The summed E-state index contributed by atoms with van der Waals surface area (Å²) >= 11 is 0. The molecule has 0 aromatic carbocycles. The number of nitrogens with two attached hydrogens (primary N) is 1. The lowest BCUT2D eigenvalue weighted by atomic mass is 9.71. The van der Waals surface area contributed by atoms with Crippen LogP contribution in [0.1, 0.15) is 50.9 Å². The van der Waals surface area contributed by atoms with Crippen LogP contribution in [-0.2, 0) is 11.3 Å². The SMILES string of the molecule is CN(Cc1nccn1C(F)F)C(=O)CC1(CN)CCCCC1. The van der Waals surface area contributed by atoms with Gasteiger partial charge in [-0.3, -0.25) is 9.36 Å². The summed E-state index contributed by atoms with van der Waals surface area (Å²) in [6.45, 7) is -2.07. The van der Waals surface area contributed by atoms with Gasteiger partial charge in [0.2, 0.25) is 5.91 Å². The average Bonchev–Trinajstić information content (AvgIpc) is 2.96. The molecule has 1 saturated carbocycles. The van der Waals surface area contributed by atoms with Gasteiger partial charge in [-0.25, -0.2) is 4.98 Å². The minimum atomic E-state index is -2.64. The molecule has 1 aromatic rings. The molecular formula is C15H24F2N4O. The van der Waals surface area contributed by atoms with E-state index in [-0.39, 0.29) is 23.7 Å². The van der Waals surface area contributed by atoms with E-state index in [4.69, 9.17) is 5.73 Å². The third-order valence-corrected chi connectivity index (χ3v) is 4.64. The molecule has 1 heterocycles. The van der Waals surface area contributed by atoms with E-state index in [0.717, 1.165) is 30.3 Å². The maximum absolute atomic E-state index is 12.8. The van der Waals surface area contributed by atoms with Gasteiger partial charge in [0.15, 0.2) is 0 Å². The second kappa shape index (κ2) is 7.17. The lowest BCUT2D eigenvalue weighted by Crippen LogP contribution is -2.39. The van der Waals surface area contributed by atoms with Crippen LogP contribution in [0.3, 0.4) is 0 Å². The molecule has 124 valence electrons. The van der Waals surface area contributed by atoms with Gasteiger partial charge in [-0.2, -0.15) is 8.78 Å². The first kappa shape index (κ1) is 16.9. The fraction of sp³-hybridized carbons (Fsp3) is 0.733. The molecule has 1 fully saturated rings. The van der Waals surface area contributed by atoms with Gasteiger partial charge in [-0.15, -0.1) is 0 Å². The Balaban J connectivity index is 1.98. The van der Waals surface area contributed by atoms with Gasteiger partial charge in [0.05, 0.1) is 6.54 Å². The number of hydrogen-bond donors (Lipinski definition) is 1. The minimum Gasteiger partial charge on any atom is -0.338 e. The summed E-state index contributed by atoms with van der Waals surface area (Å²) in [5, 5.41) is 0. The van der Waals surface area contributed by atoms with Gasteiger partial charge in [0.25, 0.3) is 0 Å². The predicted molar refractivity (Wildman–Crippen MR) is 79.1 cm³/mol. The van der Waals surface area contributed by atoms with E-state index in [0.29, 0.717) is 13.0 Å². The molecule has 1 aliphatic carbocycles. The molecule has 1 amide bonds. The molecule has 0 unspecified atom stereocenters. The standard InChI is InChI=1S/C15H24F2N4O/c1-20(10-12-19-7-8-21(12)14(16)17)13(22)9-15(11-18)5-3-2-4-6-15/h7-8,14H,2-6,9-11,18H2,1H3. The Morgan fingerprint density at radius 1 is 1.45 bits per heavy atom. The Bertz CT molecular complexity index is 497. The summed E-state index contributed by atoms with van der Waals surface area (Å²) < 4.78 is 26.4. The number of carbonyl (C=O) groups is 1. The highest BCUT2D eigenvalue weighted by atomic mass is 19.3. The molecule has 0 radical (unpaired) electrons. The Labute approximate surface area is 129 Å². The number of nitrogens with zero attached hydrogens (tertiary/aromatic N) is 3. The number of carbonyl (C=O) groups excluding carboxylic acids is 1. The quantitative estimate of drug-likeness (QED) is 0.877. The van der Waals surface area contributed by atoms with Crippen molar-refractivity contribution >= 4 is 5.91 Å². The highest BCUT2D eigenvalue weighted by molar-refractivity contribution is 5.76. The van der Waals surface area contributed by atoms with Crippen molar-refractivity contribution in [2.45, 2.75) is 51.6 Å². The van der Waals surface area contributed by atoms with Crippen molar-refractivity contribution in [3.05, 3.63) is 18.2 Å². The summed E-state index contributed by atoms with van der Waals surface area (Å²) in [5.41, 5.74) is 5.78.